The van der Waals surface area contributed by atoms with E-state index in [1.807, 2.05) is 30.3 Å². The fourth-order valence-electron chi connectivity index (χ4n) is 2.73. The molecule has 2 rings (SSSR count). The number of carboxylic acid groups (broad SMARTS) is 1. The third-order valence-corrected chi connectivity index (χ3v) is 3.86. The number of hydrogen-bond acceptors (Lipinski definition) is 4. The maximum atomic E-state index is 11.9. The molecule has 0 saturated carbocycles. The number of carboxylic acids is 1. The number of allylic oxidation sites excluding steroid dienone is 2. The lowest BCUT2D eigenvalue weighted by Gasteiger charge is -2.18. The standard InChI is InChI=1S/C21H23N3O2/c1-3-5-16-11-17(6-4-2)13-18(12-16)20(21(25)26)24-19-9-7-15(8-10-19)14-23-22/h3-4,7-14,20,24H,1-2,5-6,22H2,(H,25,26). The molecule has 5 nitrogen and oxygen atoms in total. The molecule has 0 fully saturated rings. The first kappa shape index (κ1) is 19.0. The summed E-state index contributed by atoms with van der Waals surface area (Å²) in [6.07, 6.45) is 6.49. The van der Waals surface area contributed by atoms with E-state index >= 15 is 0 Å². The van der Waals surface area contributed by atoms with Crippen LogP contribution in [0.1, 0.15) is 28.3 Å². The molecule has 2 aromatic carbocycles. The minimum absolute atomic E-state index is 0.678. The zero-order valence-corrected chi connectivity index (χ0v) is 14.6. The van der Waals surface area contributed by atoms with E-state index in [1.165, 1.54) is 6.21 Å². The van der Waals surface area contributed by atoms with Crippen molar-refractivity contribution < 1.29 is 9.90 Å². The summed E-state index contributed by atoms with van der Waals surface area (Å²) in [6.45, 7) is 7.52. The molecule has 0 saturated heterocycles. The molecule has 0 amide bonds. The molecule has 1 atom stereocenters. The van der Waals surface area contributed by atoms with Crippen molar-refractivity contribution in [1.82, 2.24) is 0 Å². The van der Waals surface area contributed by atoms with Crippen LogP contribution in [0.4, 0.5) is 5.69 Å². The van der Waals surface area contributed by atoms with Crippen LogP contribution in [0.15, 0.2) is 72.9 Å². The molecule has 0 aliphatic carbocycles. The Morgan fingerprint density at radius 3 is 2.15 bits per heavy atom. The number of anilines is 1. The fraction of sp³-hybridized carbons (Fsp3) is 0.143. The summed E-state index contributed by atoms with van der Waals surface area (Å²) in [5.41, 5.74) is 4.28. The Kier molecular flexibility index (Phi) is 6.74. The monoisotopic (exact) mass is 349 g/mol. The Labute approximate surface area is 153 Å². The third kappa shape index (κ3) is 5.08. The van der Waals surface area contributed by atoms with Gasteiger partial charge < -0.3 is 16.3 Å². The van der Waals surface area contributed by atoms with Gasteiger partial charge in [0.15, 0.2) is 6.04 Å². The first-order chi connectivity index (χ1) is 12.6. The lowest BCUT2D eigenvalue weighted by Crippen LogP contribution is -2.21. The lowest BCUT2D eigenvalue weighted by atomic mass is 9.97. The smallest absolute Gasteiger partial charge is 0.330 e. The van der Waals surface area contributed by atoms with E-state index in [0.29, 0.717) is 24.1 Å². The van der Waals surface area contributed by atoms with Gasteiger partial charge in [0.2, 0.25) is 0 Å². The molecule has 26 heavy (non-hydrogen) atoms. The Morgan fingerprint density at radius 1 is 1.12 bits per heavy atom. The van der Waals surface area contributed by atoms with Gasteiger partial charge in [-0.2, -0.15) is 5.10 Å². The zero-order valence-electron chi connectivity index (χ0n) is 14.6. The molecule has 0 bridgehead atoms. The van der Waals surface area contributed by atoms with Gasteiger partial charge in [-0.25, -0.2) is 4.79 Å². The van der Waals surface area contributed by atoms with Gasteiger partial charge in [-0.05, 0) is 47.2 Å². The number of rotatable bonds is 9. The van der Waals surface area contributed by atoms with Gasteiger partial charge in [0.1, 0.15) is 0 Å². The molecule has 2 aromatic rings. The zero-order chi connectivity index (χ0) is 18.9. The summed E-state index contributed by atoms with van der Waals surface area (Å²) in [5, 5.41) is 16.3. The molecular formula is C21H23N3O2. The predicted octanol–water partition coefficient (Wildman–Crippen LogP) is 3.67. The average Bonchev–Trinajstić information content (AvgIpc) is 2.61. The van der Waals surface area contributed by atoms with Gasteiger partial charge in [0.05, 0.1) is 6.21 Å². The maximum absolute atomic E-state index is 11.9. The highest BCUT2D eigenvalue weighted by molar-refractivity contribution is 5.82. The number of nitrogens with zero attached hydrogens (tertiary/aromatic N) is 1. The van der Waals surface area contributed by atoms with Gasteiger partial charge in [0.25, 0.3) is 0 Å². The van der Waals surface area contributed by atoms with Crippen molar-refractivity contribution >= 4 is 17.9 Å². The summed E-state index contributed by atoms with van der Waals surface area (Å²) in [7, 11) is 0. The van der Waals surface area contributed by atoms with Crippen LogP contribution in [0.3, 0.4) is 0 Å². The van der Waals surface area contributed by atoms with Crippen molar-refractivity contribution in [3.8, 4) is 0 Å². The number of nitrogens with two attached hydrogens (primary N) is 1. The molecule has 0 aromatic heterocycles. The molecule has 5 heteroatoms. The molecule has 4 N–H and O–H groups in total. The second kappa shape index (κ2) is 9.22. The summed E-state index contributed by atoms with van der Waals surface area (Å²) in [5.74, 6) is 4.19. The van der Waals surface area contributed by atoms with Crippen LogP contribution < -0.4 is 11.2 Å². The van der Waals surface area contributed by atoms with E-state index in [9.17, 15) is 9.90 Å². The van der Waals surface area contributed by atoms with Gasteiger partial charge in [0, 0.05) is 5.69 Å². The van der Waals surface area contributed by atoms with E-state index < -0.39 is 12.0 Å². The lowest BCUT2D eigenvalue weighted by molar-refractivity contribution is -0.138. The van der Waals surface area contributed by atoms with E-state index in [4.69, 9.17) is 5.84 Å². The molecule has 0 aliphatic rings. The van der Waals surface area contributed by atoms with Crippen molar-refractivity contribution in [2.75, 3.05) is 5.32 Å². The molecule has 0 radical (unpaired) electrons. The number of carbonyl (C=O) groups is 1. The summed E-state index contributed by atoms with van der Waals surface area (Å²) >= 11 is 0. The van der Waals surface area contributed by atoms with Gasteiger partial charge >= 0.3 is 5.97 Å². The van der Waals surface area contributed by atoms with E-state index in [-0.39, 0.29) is 0 Å². The Morgan fingerprint density at radius 2 is 1.69 bits per heavy atom. The summed E-state index contributed by atoms with van der Waals surface area (Å²) < 4.78 is 0. The number of aliphatic carboxylic acids is 1. The van der Waals surface area contributed by atoms with Crippen molar-refractivity contribution in [3.05, 3.63) is 90.0 Å². The van der Waals surface area contributed by atoms with Crippen LogP contribution in [0.25, 0.3) is 0 Å². The minimum Gasteiger partial charge on any atom is -0.479 e. The molecule has 0 heterocycles. The number of hydrazone groups is 1. The van der Waals surface area contributed by atoms with Crippen LogP contribution in [0.2, 0.25) is 0 Å². The maximum Gasteiger partial charge on any atom is 0.330 e. The second-order valence-electron chi connectivity index (χ2n) is 5.88. The predicted molar refractivity (Wildman–Crippen MR) is 106 cm³/mol. The Hall–Kier alpha value is -3.34. The van der Waals surface area contributed by atoms with Crippen LogP contribution in [0, 0.1) is 0 Å². The molecular weight excluding hydrogens is 326 g/mol. The van der Waals surface area contributed by atoms with Gasteiger partial charge in [-0.1, -0.05) is 42.5 Å². The fourth-order valence-corrected chi connectivity index (χ4v) is 2.73. The number of nitrogens with one attached hydrogen (secondary N) is 1. The Bertz CT molecular complexity index is 782. The first-order valence-electron chi connectivity index (χ1n) is 8.24. The van der Waals surface area contributed by atoms with Crippen LogP contribution in [-0.2, 0) is 17.6 Å². The quantitative estimate of drug-likeness (QED) is 0.279. The van der Waals surface area contributed by atoms with Crippen molar-refractivity contribution in [2.24, 2.45) is 10.9 Å². The average molecular weight is 349 g/mol. The summed E-state index contributed by atoms with van der Waals surface area (Å²) in [4.78, 5) is 11.9. The highest BCUT2D eigenvalue weighted by Crippen LogP contribution is 2.24. The van der Waals surface area contributed by atoms with E-state index in [1.54, 1.807) is 24.3 Å². The van der Waals surface area contributed by atoms with Crippen molar-refractivity contribution in [3.63, 3.8) is 0 Å². The van der Waals surface area contributed by atoms with Crippen LogP contribution in [0.5, 0.6) is 0 Å². The van der Waals surface area contributed by atoms with Crippen LogP contribution in [-0.4, -0.2) is 17.3 Å². The highest BCUT2D eigenvalue weighted by Gasteiger charge is 2.20. The van der Waals surface area contributed by atoms with Crippen molar-refractivity contribution in [1.29, 1.82) is 0 Å². The van der Waals surface area contributed by atoms with Crippen molar-refractivity contribution in [2.45, 2.75) is 18.9 Å². The largest absolute Gasteiger partial charge is 0.479 e. The van der Waals surface area contributed by atoms with E-state index in [0.717, 1.165) is 16.7 Å². The molecule has 0 spiro atoms. The number of benzene rings is 2. The molecule has 1 unspecified atom stereocenters. The topological polar surface area (TPSA) is 87.7 Å². The Balaban J connectivity index is 2.34. The van der Waals surface area contributed by atoms with Gasteiger partial charge in [-0.3, -0.25) is 0 Å². The van der Waals surface area contributed by atoms with E-state index in [2.05, 4.69) is 23.6 Å². The van der Waals surface area contributed by atoms with Crippen LogP contribution >= 0.6 is 0 Å². The summed E-state index contributed by atoms with van der Waals surface area (Å²) in [6, 6.07) is 12.2. The number of hydrogen-bond donors (Lipinski definition) is 3. The second-order valence-corrected chi connectivity index (χ2v) is 5.88. The normalized spacial score (nSPS) is 11.8. The minimum atomic E-state index is -0.946. The SMILES string of the molecule is C=CCc1cc(CC=C)cc(C(Nc2ccc(C=NN)cc2)C(=O)O)c1. The molecule has 134 valence electrons. The third-order valence-electron chi connectivity index (χ3n) is 3.86. The highest BCUT2D eigenvalue weighted by atomic mass is 16.4. The van der Waals surface area contributed by atoms with Gasteiger partial charge in [-0.15, -0.1) is 13.2 Å². The first-order valence-corrected chi connectivity index (χ1v) is 8.24. The molecule has 0 aliphatic heterocycles.